The average Bonchev–Trinajstić information content (AvgIpc) is 2.86. The van der Waals surface area contributed by atoms with E-state index in [9.17, 15) is 4.79 Å². The summed E-state index contributed by atoms with van der Waals surface area (Å²) in [6, 6.07) is 10.6. The van der Waals surface area contributed by atoms with Gasteiger partial charge in [-0.05, 0) is 24.7 Å². The molecule has 0 saturated heterocycles. The summed E-state index contributed by atoms with van der Waals surface area (Å²) >= 11 is 1.71. The summed E-state index contributed by atoms with van der Waals surface area (Å²) in [6.07, 6.45) is 6.18. The lowest BCUT2D eigenvalue weighted by molar-refractivity contribution is -0.121. The first-order valence-electron chi connectivity index (χ1n) is 8.49. The summed E-state index contributed by atoms with van der Waals surface area (Å²) in [5, 5.41) is 11.9. The molecule has 1 amide bonds. The number of amides is 1. The van der Waals surface area contributed by atoms with E-state index in [2.05, 4.69) is 44.3 Å². The van der Waals surface area contributed by atoms with Crippen molar-refractivity contribution in [3.8, 4) is 0 Å². The number of nitrogens with one attached hydrogen (secondary N) is 1. The molecule has 0 saturated carbocycles. The summed E-state index contributed by atoms with van der Waals surface area (Å²) in [6.45, 7) is 0.873. The van der Waals surface area contributed by atoms with Gasteiger partial charge in [-0.15, -0.1) is 10.2 Å². The fourth-order valence-corrected chi connectivity index (χ4v) is 3.49. The van der Waals surface area contributed by atoms with Gasteiger partial charge in [0, 0.05) is 37.6 Å². The van der Waals surface area contributed by atoms with Crippen LogP contribution in [0.1, 0.15) is 36.5 Å². The Kier molecular flexibility index (Phi) is 5.91. The maximum Gasteiger partial charge on any atom is 0.221 e. The van der Waals surface area contributed by atoms with Gasteiger partial charge in [0.25, 0.3) is 0 Å². The second-order valence-electron chi connectivity index (χ2n) is 6.18. The van der Waals surface area contributed by atoms with Crippen LogP contribution in [-0.4, -0.2) is 38.7 Å². The van der Waals surface area contributed by atoms with E-state index in [-0.39, 0.29) is 11.9 Å². The zero-order valence-electron chi connectivity index (χ0n) is 14.1. The molecule has 0 spiro atoms. The monoisotopic (exact) mass is 344 g/mol. The summed E-state index contributed by atoms with van der Waals surface area (Å²) in [5.74, 6) is 3.11. The Balaban J connectivity index is 1.61. The van der Waals surface area contributed by atoms with Crippen LogP contribution in [0.3, 0.4) is 0 Å². The van der Waals surface area contributed by atoms with Crippen LogP contribution in [0.5, 0.6) is 0 Å². The fourth-order valence-electron chi connectivity index (χ4n) is 3.10. The van der Waals surface area contributed by atoms with E-state index in [1.54, 1.807) is 11.8 Å². The van der Waals surface area contributed by atoms with E-state index in [4.69, 9.17) is 0 Å². The molecule has 0 aliphatic carbocycles. The minimum atomic E-state index is 0.163. The van der Waals surface area contributed by atoms with Gasteiger partial charge in [-0.1, -0.05) is 30.3 Å². The molecule has 0 bridgehead atoms. The molecule has 1 atom stereocenters. The van der Waals surface area contributed by atoms with Crippen molar-refractivity contribution in [2.75, 3.05) is 12.0 Å². The largest absolute Gasteiger partial charge is 0.353 e. The van der Waals surface area contributed by atoms with E-state index < -0.39 is 0 Å². The Hall–Kier alpha value is -1.82. The summed E-state index contributed by atoms with van der Waals surface area (Å²) < 4.78 is 2.24. The van der Waals surface area contributed by atoms with Crippen molar-refractivity contribution in [1.82, 2.24) is 20.1 Å². The molecule has 3 rings (SSSR count). The van der Waals surface area contributed by atoms with Gasteiger partial charge in [0.1, 0.15) is 11.6 Å². The van der Waals surface area contributed by atoms with Crippen molar-refractivity contribution in [1.29, 1.82) is 0 Å². The molecule has 6 heteroatoms. The summed E-state index contributed by atoms with van der Waals surface area (Å²) in [7, 11) is 0. The number of fused-ring (bicyclic) bond motifs is 1. The van der Waals surface area contributed by atoms with Crippen LogP contribution in [-0.2, 0) is 24.2 Å². The van der Waals surface area contributed by atoms with Crippen molar-refractivity contribution >= 4 is 17.7 Å². The molecular formula is C18H24N4OS. The number of benzene rings is 1. The number of carbonyl (C=O) groups is 1. The molecule has 1 unspecified atom stereocenters. The van der Waals surface area contributed by atoms with Crippen molar-refractivity contribution in [3.63, 3.8) is 0 Å². The number of hydrogen-bond donors (Lipinski definition) is 1. The van der Waals surface area contributed by atoms with Gasteiger partial charge in [-0.2, -0.15) is 11.8 Å². The maximum atomic E-state index is 11.9. The van der Waals surface area contributed by atoms with Gasteiger partial charge >= 0.3 is 0 Å². The molecule has 1 N–H and O–H groups in total. The molecule has 1 aliphatic heterocycles. The van der Waals surface area contributed by atoms with Crippen molar-refractivity contribution < 1.29 is 4.79 Å². The molecular weight excluding hydrogens is 320 g/mol. The summed E-state index contributed by atoms with van der Waals surface area (Å²) in [5.41, 5.74) is 1.25. The first-order chi connectivity index (χ1) is 11.8. The third-order valence-electron chi connectivity index (χ3n) is 4.43. The molecule has 0 fully saturated rings. The second-order valence-corrected chi connectivity index (χ2v) is 7.17. The van der Waals surface area contributed by atoms with Crippen molar-refractivity contribution in [3.05, 3.63) is 47.5 Å². The van der Waals surface area contributed by atoms with E-state index >= 15 is 0 Å². The minimum absolute atomic E-state index is 0.163. The van der Waals surface area contributed by atoms with E-state index in [1.165, 1.54) is 5.56 Å². The molecule has 1 aromatic carbocycles. The number of thioether (sulfide) groups is 1. The van der Waals surface area contributed by atoms with Crippen LogP contribution < -0.4 is 5.32 Å². The highest BCUT2D eigenvalue weighted by Gasteiger charge is 2.21. The topological polar surface area (TPSA) is 59.8 Å². The second kappa shape index (κ2) is 8.33. The van der Waals surface area contributed by atoms with Crippen LogP contribution in [0.25, 0.3) is 0 Å². The van der Waals surface area contributed by atoms with Gasteiger partial charge in [-0.25, -0.2) is 0 Å². The highest BCUT2D eigenvalue weighted by Crippen LogP contribution is 2.17. The molecule has 24 heavy (non-hydrogen) atoms. The zero-order chi connectivity index (χ0) is 16.8. The number of carbonyl (C=O) groups excluding carboxylic acids is 1. The predicted molar refractivity (Wildman–Crippen MR) is 97.1 cm³/mol. The molecule has 2 heterocycles. The Morgan fingerprint density at radius 1 is 1.29 bits per heavy atom. The van der Waals surface area contributed by atoms with Crippen LogP contribution in [0.4, 0.5) is 0 Å². The summed E-state index contributed by atoms with van der Waals surface area (Å²) in [4.78, 5) is 11.9. The molecule has 1 aliphatic rings. The Bertz CT molecular complexity index is 671. The SMILES string of the molecule is CSCCC(=O)NC1CCc2nnc(Cc3ccccc3)n2CC1. The number of rotatable bonds is 6. The Morgan fingerprint density at radius 2 is 2.12 bits per heavy atom. The van der Waals surface area contributed by atoms with Crippen LogP contribution in [0.2, 0.25) is 0 Å². The molecule has 5 nitrogen and oxygen atoms in total. The molecule has 128 valence electrons. The smallest absolute Gasteiger partial charge is 0.221 e. The molecule has 2 aromatic rings. The fraction of sp³-hybridized carbons (Fsp3) is 0.500. The number of aromatic nitrogens is 3. The van der Waals surface area contributed by atoms with Gasteiger partial charge in [0.05, 0.1) is 0 Å². The maximum absolute atomic E-state index is 11.9. The lowest BCUT2D eigenvalue weighted by Gasteiger charge is -2.16. The van der Waals surface area contributed by atoms with Crippen molar-refractivity contribution in [2.45, 2.75) is 44.7 Å². The lowest BCUT2D eigenvalue weighted by Crippen LogP contribution is -2.35. The van der Waals surface area contributed by atoms with Crippen LogP contribution >= 0.6 is 11.8 Å². The average molecular weight is 344 g/mol. The van der Waals surface area contributed by atoms with E-state index in [0.717, 1.165) is 49.6 Å². The molecule has 1 aromatic heterocycles. The lowest BCUT2D eigenvalue weighted by atomic mass is 10.1. The number of nitrogens with zero attached hydrogens (tertiary/aromatic N) is 3. The quantitative estimate of drug-likeness (QED) is 0.874. The predicted octanol–water partition coefficient (Wildman–Crippen LogP) is 2.44. The number of hydrogen-bond acceptors (Lipinski definition) is 4. The molecule has 0 radical (unpaired) electrons. The van der Waals surface area contributed by atoms with Gasteiger partial charge < -0.3 is 9.88 Å². The highest BCUT2D eigenvalue weighted by atomic mass is 32.2. The third-order valence-corrected chi connectivity index (χ3v) is 5.04. The zero-order valence-corrected chi connectivity index (χ0v) is 14.9. The van der Waals surface area contributed by atoms with Gasteiger partial charge in [0.2, 0.25) is 5.91 Å². The van der Waals surface area contributed by atoms with Crippen LogP contribution in [0.15, 0.2) is 30.3 Å². The number of aryl methyl sites for hydroxylation is 1. The van der Waals surface area contributed by atoms with E-state index in [1.807, 2.05) is 12.3 Å². The van der Waals surface area contributed by atoms with Crippen LogP contribution in [0, 0.1) is 0 Å². The first-order valence-corrected chi connectivity index (χ1v) is 9.89. The normalized spacial score (nSPS) is 17.1. The first kappa shape index (κ1) is 17.0. The Labute approximate surface area is 147 Å². The standard InChI is InChI=1S/C18H24N4OS/c1-24-12-10-18(23)19-15-7-8-16-20-21-17(22(16)11-9-15)13-14-5-3-2-4-6-14/h2-6,15H,7-13H2,1H3,(H,19,23). The van der Waals surface area contributed by atoms with E-state index in [0.29, 0.717) is 6.42 Å². The van der Waals surface area contributed by atoms with Crippen molar-refractivity contribution in [2.24, 2.45) is 0 Å². The van der Waals surface area contributed by atoms with Gasteiger partial charge in [-0.3, -0.25) is 4.79 Å². The van der Waals surface area contributed by atoms with Gasteiger partial charge in [0.15, 0.2) is 0 Å². The highest BCUT2D eigenvalue weighted by molar-refractivity contribution is 7.98. The minimum Gasteiger partial charge on any atom is -0.353 e. The third kappa shape index (κ3) is 4.38. The Morgan fingerprint density at radius 3 is 2.92 bits per heavy atom.